The van der Waals surface area contributed by atoms with Crippen molar-refractivity contribution in [1.82, 2.24) is 9.88 Å². The number of rotatable bonds is 6. The van der Waals surface area contributed by atoms with E-state index in [4.69, 9.17) is 9.47 Å². The molecule has 1 saturated carbocycles. The molecule has 7 nitrogen and oxygen atoms in total. The summed E-state index contributed by atoms with van der Waals surface area (Å²) in [5.41, 5.74) is -0.960. The fourth-order valence-electron chi connectivity index (χ4n) is 5.34. The van der Waals surface area contributed by atoms with Crippen molar-refractivity contribution < 1.29 is 23.9 Å². The third-order valence-corrected chi connectivity index (χ3v) is 7.08. The Morgan fingerprint density at radius 2 is 1.94 bits per heavy atom. The molecule has 7 heteroatoms. The highest BCUT2D eigenvalue weighted by atomic mass is 16.6. The number of carbonyl (C=O) groups excluding carboxylic acids is 3. The van der Waals surface area contributed by atoms with Gasteiger partial charge in [-0.25, -0.2) is 4.79 Å². The van der Waals surface area contributed by atoms with Gasteiger partial charge in [-0.3, -0.25) is 19.5 Å². The first-order chi connectivity index (χ1) is 15.5. The number of likely N-dealkylation sites (N-methyl/N-ethyl adjacent to an activating group) is 1. The van der Waals surface area contributed by atoms with Crippen molar-refractivity contribution >= 4 is 17.7 Å². The molecule has 1 fully saturated rings. The predicted octanol–water partition coefficient (Wildman–Crippen LogP) is 5.22. The van der Waals surface area contributed by atoms with E-state index in [0.717, 1.165) is 25.7 Å². The Morgan fingerprint density at radius 1 is 1.27 bits per heavy atom. The van der Waals surface area contributed by atoms with Crippen LogP contribution in [0.15, 0.2) is 18.5 Å². The number of aromatic nitrogens is 1. The molecule has 3 rings (SSSR count). The molecule has 2 heterocycles. The first-order valence-electron chi connectivity index (χ1n) is 12.1. The first kappa shape index (κ1) is 25.2. The number of ether oxygens (including phenoxy) is 2. The molecule has 2 aliphatic rings. The van der Waals surface area contributed by atoms with E-state index in [2.05, 4.69) is 4.98 Å². The predicted molar refractivity (Wildman–Crippen MR) is 125 cm³/mol. The summed E-state index contributed by atoms with van der Waals surface area (Å²) in [6.07, 6.45) is 8.18. The quantitative estimate of drug-likeness (QED) is 0.581. The molecule has 0 radical (unpaired) electrons. The minimum Gasteiger partial charge on any atom is -0.484 e. The molecule has 0 bridgehead atoms. The van der Waals surface area contributed by atoms with E-state index in [0.29, 0.717) is 17.9 Å². The van der Waals surface area contributed by atoms with Crippen molar-refractivity contribution in [3.63, 3.8) is 0 Å². The molecule has 0 spiro atoms. The zero-order chi connectivity index (χ0) is 24.4. The topological polar surface area (TPSA) is 85.8 Å². The van der Waals surface area contributed by atoms with E-state index in [-0.39, 0.29) is 23.9 Å². The average Bonchev–Trinajstić information content (AvgIpc) is 2.75. The minimum absolute atomic E-state index is 0.0433. The number of nitrogens with zero attached hydrogens (tertiary/aromatic N) is 2. The van der Waals surface area contributed by atoms with Crippen molar-refractivity contribution in [2.45, 2.75) is 97.3 Å². The van der Waals surface area contributed by atoms with Gasteiger partial charge < -0.3 is 9.47 Å². The summed E-state index contributed by atoms with van der Waals surface area (Å²) in [5.74, 6) is -0.0652. The Kier molecular flexibility index (Phi) is 7.49. The van der Waals surface area contributed by atoms with Crippen LogP contribution in [0.1, 0.15) is 90.4 Å². The summed E-state index contributed by atoms with van der Waals surface area (Å²) < 4.78 is 12.1. The van der Waals surface area contributed by atoms with E-state index in [1.807, 2.05) is 13.8 Å². The summed E-state index contributed by atoms with van der Waals surface area (Å²) in [4.78, 5) is 45.2. The monoisotopic (exact) mass is 458 g/mol. The summed E-state index contributed by atoms with van der Waals surface area (Å²) >= 11 is 0. The Morgan fingerprint density at radius 3 is 2.52 bits per heavy atom. The third kappa shape index (κ3) is 5.39. The fraction of sp³-hybridized carbons (Fsp3) is 0.692. The summed E-state index contributed by atoms with van der Waals surface area (Å²) in [6, 6.07) is 0.910. The van der Waals surface area contributed by atoms with Gasteiger partial charge in [0.05, 0.1) is 23.7 Å². The van der Waals surface area contributed by atoms with E-state index in [1.54, 1.807) is 39.2 Å². The van der Waals surface area contributed by atoms with Crippen LogP contribution in [-0.4, -0.2) is 51.3 Å². The van der Waals surface area contributed by atoms with Gasteiger partial charge in [-0.05, 0) is 72.8 Å². The average molecular weight is 459 g/mol. The van der Waals surface area contributed by atoms with Crippen molar-refractivity contribution in [3.05, 3.63) is 24.0 Å². The van der Waals surface area contributed by atoms with Crippen molar-refractivity contribution in [3.8, 4) is 5.75 Å². The van der Waals surface area contributed by atoms with Crippen molar-refractivity contribution in [2.24, 2.45) is 11.8 Å². The third-order valence-electron chi connectivity index (χ3n) is 7.08. The van der Waals surface area contributed by atoms with Gasteiger partial charge in [0, 0.05) is 12.7 Å². The summed E-state index contributed by atoms with van der Waals surface area (Å²) in [6.45, 7) is 11.0. The van der Waals surface area contributed by atoms with Gasteiger partial charge in [-0.2, -0.15) is 0 Å². The van der Waals surface area contributed by atoms with Crippen LogP contribution in [0, 0.1) is 11.8 Å². The number of hydrogen-bond acceptors (Lipinski definition) is 6. The largest absolute Gasteiger partial charge is 0.484 e. The highest BCUT2D eigenvalue weighted by Crippen LogP contribution is 2.47. The number of pyridine rings is 1. The van der Waals surface area contributed by atoms with Gasteiger partial charge in [0.25, 0.3) is 0 Å². The molecule has 1 aromatic heterocycles. The second-order valence-corrected chi connectivity index (χ2v) is 10.5. The Balaban J connectivity index is 1.99. The second-order valence-electron chi connectivity index (χ2n) is 10.5. The Bertz CT molecular complexity index is 887. The number of amides is 1. The molecule has 0 aromatic carbocycles. The number of fused-ring (bicyclic) bond motifs is 1. The van der Waals surface area contributed by atoms with Gasteiger partial charge in [-0.15, -0.1) is 0 Å². The number of ketones is 2. The van der Waals surface area contributed by atoms with Crippen LogP contribution in [0.25, 0.3) is 0 Å². The highest BCUT2D eigenvalue weighted by Gasteiger charge is 2.52. The lowest BCUT2D eigenvalue weighted by atomic mass is 9.66. The first-order valence-corrected chi connectivity index (χ1v) is 12.1. The van der Waals surface area contributed by atoms with Gasteiger partial charge in [0.15, 0.2) is 11.6 Å². The molecule has 3 atom stereocenters. The summed E-state index contributed by atoms with van der Waals surface area (Å²) in [5, 5.41) is 0. The van der Waals surface area contributed by atoms with Crippen molar-refractivity contribution in [1.29, 1.82) is 0 Å². The molecule has 33 heavy (non-hydrogen) atoms. The molecule has 1 aliphatic heterocycles. The lowest BCUT2D eigenvalue weighted by Crippen LogP contribution is -2.57. The molecule has 1 aromatic rings. The molecule has 3 unspecified atom stereocenters. The molecular weight excluding hydrogens is 420 g/mol. The second kappa shape index (κ2) is 9.82. The molecule has 1 amide bonds. The number of Topliss-reactive ketones (excluding diaryl/α,β-unsaturated/α-hetero) is 2. The molecular formula is C26H38N2O5. The lowest BCUT2D eigenvalue weighted by Gasteiger charge is -2.48. The van der Waals surface area contributed by atoms with E-state index in [1.165, 1.54) is 18.2 Å². The normalized spacial score (nSPS) is 24.4. The minimum atomic E-state index is -0.770. The van der Waals surface area contributed by atoms with Crippen LogP contribution in [0.4, 0.5) is 4.79 Å². The van der Waals surface area contributed by atoms with E-state index >= 15 is 0 Å². The molecule has 182 valence electrons. The zero-order valence-corrected chi connectivity index (χ0v) is 20.8. The van der Waals surface area contributed by atoms with Gasteiger partial charge in [0.2, 0.25) is 0 Å². The maximum absolute atomic E-state index is 13.8. The standard InChI is InChI=1S/C26H38N2O5/c1-7-28(24(31)33-25(3,4)5)21(17(2)29)15-20-23(30)19-13-14-27-16-22(19)32-26(20,6)18-11-9-8-10-12-18/h13-14,16,18,20-21H,7-12,15H2,1-6H3. The lowest BCUT2D eigenvalue weighted by molar-refractivity contribution is -0.124. The van der Waals surface area contributed by atoms with Gasteiger partial charge in [-0.1, -0.05) is 19.3 Å². The van der Waals surface area contributed by atoms with E-state index in [9.17, 15) is 14.4 Å². The van der Waals surface area contributed by atoms with Crippen LogP contribution in [0.5, 0.6) is 5.75 Å². The highest BCUT2D eigenvalue weighted by molar-refractivity contribution is 6.02. The van der Waals surface area contributed by atoms with Crippen LogP contribution in [0.3, 0.4) is 0 Å². The molecule has 1 aliphatic carbocycles. The van der Waals surface area contributed by atoms with Crippen LogP contribution in [-0.2, 0) is 9.53 Å². The zero-order valence-electron chi connectivity index (χ0n) is 20.8. The summed E-state index contributed by atoms with van der Waals surface area (Å²) in [7, 11) is 0. The SMILES string of the molecule is CCN(C(=O)OC(C)(C)C)C(CC1C(=O)c2ccncc2OC1(C)C1CCCCC1)C(C)=O. The van der Waals surface area contributed by atoms with Gasteiger partial charge in [0.1, 0.15) is 17.0 Å². The Labute approximate surface area is 197 Å². The van der Waals surface area contributed by atoms with Crippen molar-refractivity contribution in [2.75, 3.05) is 6.54 Å². The molecule has 0 saturated heterocycles. The fourth-order valence-corrected chi connectivity index (χ4v) is 5.34. The number of hydrogen-bond donors (Lipinski definition) is 0. The Hall–Kier alpha value is -2.44. The van der Waals surface area contributed by atoms with Crippen LogP contribution >= 0.6 is 0 Å². The van der Waals surface area contributed by atoms with Gasteiger partial charge >= 0.3 is 6.09 Å². The number of carbonyl (C=O) groups is 3. The smallest absolute Gasteiger partial charge is 0.410 e. The molecule has 0 N–H and O–H groups in total. The van der Waals surface area contributed by atoms with Crippen LogP contribution < -0.4 is 4.74 Å². The maximum Gasteiger partial charge on any atom is 0.410 e. The van der Waals surface area contributed by atoms with E-state index < -0.39 is 29.3 Å². The van der Waals surface area contributed by atoms with Crippen LogP contribution in [0.2, 0.25) is 0 Å². The maximum atomic E-state index is 13.8.